The van der Waals surface area contributed by atoms with Gasteiger partial charge < -0.3 is 25.0 Å². The number of alkyl carbamates (subject to hydrolysis) is 1. The standard InChI is InChI=1S/C30H45N3O6/c1-10-23-14-16-24(17-15-23)26(27(35)31-19-18-25(34)38-11-2)33(21(5)13-12-20(3)4)28(36)22(6)32-29(37)39-30(7,8)9/h1,14-17,20-22,26H,11-13,18-19H2,2-9H3,(H,31,35)(H,32,37). The molecule has 39 heavy (non-hydrogen) atoms. The van der Waals surface area contributed by atoms with E-state index in [2.05, 4.69) is 30.4 Å². The molecule has 0 saturated carbocycles. The maximum absolute atomic E-state index is 13.9. The number of benzene rings is 1. The summed E-state index contributed by atoms with van der Waals surface area (Å²) in [5.41, 5.74) is 0.444. The molecule has 1 aromatic carbocycles. The molecule has 1 aromatic rings. The highest BCUT2D eigenvalue weighted by atomic mass is 16.6. The van der Waals surface area contributed by atoms with Crippen molar-refractivity contribution in [2.45, 2.75) is 98.4 Å². The van der Waals surface area contributed by atoms with Gasteiger partial charge in [-0.25, -0.2) is 4.79 Å². The lowest BCUT2D eigenvalue weighted by atomic mass is 9.96. The number of esters is 1. The van der Waals surface area contributed by atoms with E-state index in [0.29, 0.717) is 23.5 Å². The number of ether oxygens (including phenoxy) is 2. The van der Waals surface area contributed by atoms with Crippen molar-refractivity contribution in [1.29, 1.82) is 0 Å². The summed E-state index contributed by atoms with van der Waals surface area (Å²) >= 11 is 0. The Labute approximate surface area is 233 Å². The number of carbonyl (C=O) groups is 4. The molecule has 1 rings (SSSR count). The molecule has 0 aromatic heterocycles. The van der Waals surface area contributed by atoms with Crippen LogP contribution in [0.25, 0.3) is 0 Å². The zero-order chi connectivity index (χ0) is 29.8. The second-order valence-corrected chi connectivity index (χ2v) is 10.9. The quantitative estimate of drug-likeness (QED) is 0.283. The molecule has 3 amide bonds. The number of nitrogens with one attached hydrogen (secondary N) is 2. The van der Waals surface area contributed by atoms with Gasteiger partial charge in [0.25, 0.3) is 0 Å². The molecule has 9 heteroatoms. The highest BCUT2D eigenvalue weighted by molar-refractivity contribution is 5.92. The first-order valence-corrected chi connectivity index (χ1v) is 13.5. The van der Waals surface area contributed by atoms with E-state index in [0.717, 1.165) is 6.42 Å². The predicted octanol–water partition coefficient (Wildman–Crippen LogP) is 4.34. The fourth-order valence-corrected chi connectivity index (χ4v) is 3.90. The highest BCUT2D eigenvalue weighted by Crippen LogP contribution is 2.28. The number of rotatable bonds is 13. The van der Waals surface area contributed by atoms with Crippen molar-refractivity contribution in [3.05, 3.63) is 35.4 Å². The minimum absolute atomic E-state index is 0.00418. The van der Waals surface area contributed by atoms with Crippen LogP contribution in [0.4, 0.5) is 4.79 Å². The van der Waals surface area contributed by atoms with Crippen molar-refractivity contribution in [2.24, 2.45) is 5.92 Å². The Morgan fingerprint density at radius 2 is 1.64 bits per heavy atom. The molecule has 0 spiro atoms. The fraction of sp³-hybridized carbons (Fsp3) is 0.600. The van der Waals surface area contributed by atoms with Crippen molar-refractivity contribution in [1.82, 2.24) is 15.5 Å². The Morgan fingerprint density at radius 1 is 1.03 bits per heavy atom. The molecular weight excluding hydrogens is 498 g/mol. The van der Waals surface area contributed by atoms with E-state index < -0.39 is 41.6 Å². The Bertz CT molecular complexity index is 1010. The van der Waals surface area contributed by atoms with Crippen LogP contribution in [0.1, 0.15) is 91.8 Å². The number of hydrogen-bond donors (Lipinski definition) is 2. The summed E-state index contributed by atoms with van der Waals surface area (Å²) in [7, 11) is 0. The first-order chi connectivity index (χ1) is 18.2. The summed E-state index contributed by atoms with van der Waals surface area (Å²) in [5, 5.41) is 5.38. The molecule has 9 nitrogen and oxygen atoms in total. The smallest absolute Gasteiger partial charge is 0.408 e. The average Bonchev–Trinajstić information content (AvgIpc) is 2.84. The summed E-state index contributed by atoms with van der Waals surface area (Å²) in [6, 6.07) is 4.49. The van der Waals surface area contributed by atoms with Crippen molar-refractivity contribution >= 4 is 23.9 Å². The summed E-state index contributed by atoms with van der Waals surface area (Å²) in [6.07, 6.45) is 6.25. The van der Waals surface area contributed by atoms with Crippen LogP contribution in [-0.2, 0) is 23.9 Å². The minimum Gasteiger partial charge on any atom is -0.466 e. The lowest BCUT2D eigenvalue weighted by Gasteiger charge is -2.38. The molecular formula is C30H45N3O6. The molecule has 0 aliphatic carbocycles. The maximum atomic E-state index is 13.9. The molecule has 0 radical (unpaired) electrons. The summed E-state index contributed by atoms with van der Waals surface area (Å²) in [4.78, 5) is 53.3. The summed E-state index contributed by atoms with van der Waals surface area (Å²) < 4.78 is 10.3. The molecule has 2 N–H and O–H groups in total. The second-order valence-electron chi connectivity index (χ2n) is 10.9. The zero-order valence-electron chi connectivity index (χ0n) is 24.6. The van der Waals surface area contributed by atoms with Gasteiger partial charge in [-0.3, -0.25) is 14.4 Å². The van der Waals surface area contributed by atoms with Gasteiger partial charge in [0.05, 0.1) is 13.0 Å². The van der Waals surface area contributed by atoms with Crippen LogP contribution in [0.5, 0.6) is 0 Å². The molecule has 3 unspecified atom stereocenters. The Morgan fingerprint density at radius 3 is 2.15 bits per heavy atom. The monoisotopic (exact) mass is 543 g/mol. The zero-order valence-corrected chi connectivity index (χ0v) is 24.6. The fourth-order valence-electron chi connectivity index (χ4n) is 3.90. The molecule has 3 atom stereocenters. The summed E-state index contributed by atoms with van der Waals surface area (Å²) in [5.74, 6) is 1.61. The van der Waals surface area contributed by atoms with Gasteiger partial charge in [0.1, 0.15) is 17.7 Å². The molecule has 0 aliphatic heterocycles. The van der Waals surface area contributed by atoms with Crippen LogP contribution in [0.15, 0.2) is 24.3 Å². The van der Waals surface area contributed by atoms with E-state index in [1.807, 2.05) is 6.92 Å². The first-order valence-electron chi connectivity index (χ1n) is 13.5. The van der Waals surface area contributed by atoms with Gasteiger partial charge >= 0.3 is 12.1 Å². The lowest BCUT2D eigenvalue weighted by molar-refractivity contribution is -0.145. The first kappa shape index (κ1) is 33.5. The van der Waals surface area contributed by atoms with E-state index in [1.54, 1.807) is 58.9 Å². The van der Waals surface area contributed by atoms with Crippen LogP contribution < -0.4 is 10.6 Å². The predicted molar refractivity (Wildman–Crippen MR) is 151 cm³/mol. The molecule has 0 fully saturated rings. The number of terminal acetylenes is 1. The van der Waals surface area contributed by atoms with E-state index in [9.17, 15) is 19.2 Å². The Hall–Kier alpha value is -3.54. The molecule has 0 bridgehead atoms. The van der Waals surface area contributed by atoms with Gasteiger partial charge in [-0.1, -0.05) is 31.9 Å². The van der Waals surface area contributed by atoms with E-state index in [4.69, 9.17) is 15.9 Å². The number of carbonyl (C=O) groups excluding carboxylic acids is 4. The highest BCUT2D eigenvalue weighted by Gasteiger charge is 2.37. The van der Waals surface area contributed by atoms with Gasteiger partial charge in [-0.2, -0.15) is 0 Å². The van der Waals surface area contributed by atoms with Crippen molar-refractivity contribution in [2.75, 3.05) is 13.2 Å². The Kier molecular flexibility index (Phi) is 13.5. The average molecular weight is 544 g/mol. The van der Waals surface area contributed by atoms with E-state index in [1.165, 1.54) is 4.90 Å². The van der Waals surface area contributed by atoms with Gasteiger partial charge in [0, 0.05) is 18.2 Å². The lowest BCUT2D eigenvalue weighted by Crippen LogP contribution is -2.54. The van der Waals surface area contributed by atoms with Crippen molar-refractivity contribution < 1.29 is 28.7 Å². The second kappa shape index (κ2) is 15.8. The minimum atomic E-state index is -1.03. The SMILES string of the molecule is C#Cc1ccc(C(C(=O)NCCC(=O)OCC)N(C(=O)C(C)NC(=O)OC(C)(C)C)C(C)CCC(C)C)cc1. The third-order valence-electron chi connectivity index (χ3n) is 5.85. The van der Waals surface area contributed by atoms with Gasteiger partial charge in [-0.05, 0) is 78.0 Å². The largest absolute Gasteiger partial charge is 0.466 e. The van der Waals surface area contributed by atoms with Gasteiger partial charge in [0.2, 0.25) is 11.8 Å². The molecule has 0 heterocycles. The number of hydrogen-bond acceptors (Lipinski definition) is 6. The molecule has 216 valence electrons. The van der Waals surface area contributed by atoms with Crippen molar-refractivity contribution in [3.63, 3.8) is 0 Å². The topological polar surface area (TPSA) is 114 Å². The number of amides is 3. The van der Waals surface area contributed by atoms with Gasteiger partial charge in [-0.15, -0.1) is 6.42 Å². The van der Waals surface area contributed by atoms with Crippen LogP contribution in [0.2, 0.25) is 0 Å². The third-order valence-corrected chi connectivity index (χ3v) is 5.85. The normalized spacial score (nSPS) is 13.4. The van der Waals surface area contributed by atoms with Crippen LogP contribution >= 0.6 is 0 Å². The van der Waals surface area contributed by atoms with Crippen LogP contribution in [0, 0.1) is 18.3 Å². The van der Waals surface area contributed by atoms with E-state index >= 15 is 0 Å². The molecule has 0 aliphatic rings. The van der Waals surface area contributed by atoms with Gasteiger partial charge in [0.15, 0.2) is 0 Å². The maximum Gasteiger partial charge on any atom is 0.408 e. The Balaban J connectivity index is 3.42. The third kappa shape index (κ3) is 11.8. The number of nitrogens with zero attached hydrogens (tertiary/aromatic N) is 1. The van der Waals surface area contributed by atoms with E-state index in [-0.39, 0.29) is 25.6 Å². The summed E-state index contributed by atoms with van der Waals surface area (Å²) in [6.45, 7) is 14.8. The van der Waals surface area contributed by atoms with Crippen molar-refractivity contribution in [3.8, 4) is 12.3 Å². The van der Waals surface area contributed by atoms with Crippen LogP contribution in [0.3, 0.4) is 0 Å². The van der Waals surface area contributed by atoms with Crippen LogP contribution in [-0.4, -0.2) is 59.6 Å². The molecule has 0 saturated heterocycles.